The lowest BCUT2D eigenvalue weighted by atomic mass is 9.97. The monoisotopic (exact) mass is 2050 g/mol. The first kappa shape index (κ1) is 114. The molecule has 784 valence electrons. The lowest BCUT2D eigenvalue weighted by molar-refractivity contribution is -0.142. The number of carbonyl (C=O) groups excluding carboxylic acids is 16. The molecule has 49 nitrogen and oxygen atoms in total. The number of hydrogen-bond acceptors (Lipinski definition) is 28. The Morgan fingerprint density at radius 2 is 0.986 bits per heavy atom. The summed E-state index contributed by atoms with van der Waals surface area (Å²) in [6, 6.07) is 3.70. The molecular formula is C94H126N24O25S2. The van der Waals surface area contributed by atoms with E-state index >= 15 is 33.6 Å². The smallest absolute Gasteiger partial charge is 0.317 e. The quantitative estimate of drug-likeness (QED) is 0.0126. The number of aliphatic hydroxyl groups excluding tert-OH is 1. The highest BCUT2D eigenvalue weighted by molar-refractivity contribution is 8.76. The van der Waals surface area contributed by atoms with E-state index in [2.05, 4.69) is 83.7 Å². The summed E-state index contributed by atoms with van der Waals surface area (Å²) >= 11 is 0. The average molecular weight is 2060 g/mol. The van der Waals surface area contributed by atoms with Crippen molar-refractivity contribution in [3.63, 3.8) is 0 Å². The maximum Gasteiger partial charge on any atom is 0.317 e. The number of primary amides is 3. The molecule has 14 atom stereocenters. The van der Waals surface area contributed by atoms with Gasteiger partial charge in [-0.3, -0.25) is 115 Å². The lowest BCUT2D eigenvalue weighted by Gasteiger charge is -2.32. The number of carbonyl (C=O) groups is 20. The molecule has 16 amide bonds. The van der Waals surface area contributed by atoms with Gasteiger partial charge in [0, 0.05) is 156 Å². The molecule has 0 spiro atoms. The number of amides is 16. The molecule has 51 heteroatoms. The Bertz CT molecular complexity index is 5760. The molecule has 2 saturated heterocycles. The number of fused-ring (bicyclic) bond motifs is 3. The van der Waals surface area contributed by atoms with Crippen LogP contribution < -0.4 is 81.0 Å². The fourth-order valence-electron chi connectivity index (χ4n) is 16.6. The number of benzene rings is 4. The number of nitrogens with two attached hydrogens (primary N) is 3. The Morgan fingerprint density at radius 3 is 1.49 bits per heavy atom. The van der Waals surface area contributed by atoms with Gasteiger partial charge in [-0.2, -0.15) is 0 Å². The molecule has 9 rings (SSSR count). The van der Waals surface area contributed by atoms with E-state index in [9.17, 15) is 87.9 Å². The molecule has 0 unspecified atom stereocenters. The minimum Gasteiger partial charge on any atom is -0.481 e. The van der Waals surface area contributed by atoms with Crippen molar-refractivity contribution >= 4 is 173 Å². The summed E-state index contributed by atoms with van der Waals surface area (Å²) in [6.45, 7) is 5.09. The van der Waals surface area contributed by atoms with Gasteiger partial charge in [-0.1, -0.05) is 121 Å². The van der Waals surface area contributed by atoms with Gasteiger partial charge in [0.15, 0.2) is 0 Å². The Hall–Kier alpha value is -14.7. The zero-order valence-corrected chi connectivity index (χ0v) is 82.2. The number of aliphatic carboxylic acids is 4. The molecule has 0 bridgehead atoms. The van der Waals surface area contributed by atoms with Gasteiger partial charge in [0.25, 0.3) is 0 Å². The topological polar surface area (TPSA) is 741 Å². The van der Waals surface area contributed by atoms with Gasteiger partial charge in [-0.05, 0) is 71.7 Å². The number of H-pyrrole nitrogens is 3. The van der Waals surface area contributed by atoms with Crippen LogP contribution in [0, 0.1) is 5.92 Å². The normalized spacial score (nSPS) is 20.0. The number of carboxylic acid groups (broad SMARTS) is 4. The van der Waals surface area contributed by atoms with Gasteiger partial charge in [0.05, 0.1) is 57.9 Å². The van der Waals surface area contributed by atoms with Crippen molar-refractivity contribution in [2.75, 3.05) is 104 Å². The van der Waals surface area contributed by atoms with E-state index in [-0.39, 0.29) is 116 Å². The van der Waals surface area contributed by atoms with E-state index in [1.807, 2.05) is 0 Å². The maximum absolute atomic E-state index is 15.8. The molecule has 145 heavy (non-hydrogen) atoms. The highest BCUT2D eigenvalue weighted by Crippen LogP contribution is 2.27. The number of aromatic nitrogens is 4. The van der Waals surface area contributed by atoms with E-state index in [0.29, 0.717) is 65.5 Å². The van der Waals surface area contributed by atoms with Gasteiger partial charge in [-0.15, -0.1) is 0 Å². The van der Waals surface area contributed by atoms with Crippen molar-refractivity contribution in [1.82, 2.24) is 108 Å². The molecule has 26 N–H and O–H groups in total. The molecule has 2 fully saturated rings. The summed E-state index contributed by atoms with van der Waals surface area (Å²) < 4.78 is 0. The standard InChI is InChI=1S/C94H126N24O25S2/c1-6-51(2)81(112-93(142)82(52(3)119)113-89(138)65(103-53(4)120)35-57-41-100-62-19-11-9-17-60(57)62)92(141)111-72-49-145-144-48-71(110-88(137)69(40-77(124)125)108-85(134)66(37-59-43-98-50-102-59)105-84(133)64(34-54-22-23-55-15-7-8-16-56(55)33-54)104-86(135)67(38-74(95)121)106-87(136)68(39-75(96)122)107-90(72)139)91(140)109-70(36-58-42-101-63-20-12-10-18-61(58)63)94(143)114(5)73(83(97)132)21-13-14-24-99-76(123)44-115-25-27-116(45-78(126)127)29-31-118(47-80(130)131)32-30-117(28-26-115)46-79(128)129/h7-12,15-20,22-23,33,41-43,50-52,64-73,81-82,100-101,119H,6,13-14,21,24-32,34-40,44-49H2,1-5H3,(H2,95,121)(H2,96,122)(H2,97,132)(H,98,102)(H,99,123)(H,103,120)(H,104,135)(H,105,133)(H,106,136)(H,107,139)(H,108,134)(H,109,140)(H,110,137)(H,111,141)(H,112,142)(H,113,138)(H,124,125)(H,126,127)(H,128,129)(H,130,131)/t51-,52+,64-,65-,66-,67-,68-,69-,70-,71-,72-,73-,81-,82-/m0/s1. The number of imidazole rings is 1. The molecule has 5 heterocycles. The van der Waals surface area contributed by atoms with E-state index in [1.165, 1.54) is 26.5 Å². The van der Waals surface area contributed by atoms with Crippen LogP contribution in [0.4, 0.5) is 0 Å². The van der Waals surface area contributed by atoms with Crippen LogP contribution in [0.1, 0.15) is 95.0 Å². The predicted molar refractivity (Wildman–Crippen MR) is 528 cm³/mol. The van der Waals surface area contributed by atoms with Crippen LogP contribution in [0.15, 0.2) is 116 Å². The van der Waals surface area contributed by atoms with Crippen molar-refractivity contribution in [1.29, 1.82) is 0 Å². The second-order valence-corrected chi connectivity index (χ2v) is 38.2. The number of rotatable bonds is 42. The number of carboxylic acids is 4. The average Bonchev–Trinajstić information content (AvgIpc) is 1.80. The van der Waals surface area contributed by atoms with Crippen LogP contribution in [-0.4, -0.2) is 371 Å². The summed E-state index contributed by atoms with van der Waals surface area (Å²) in [5.41, 5.74) is 20.3. The predicted octanol–water partition coefficient (Wildman–Crippen LogP) is -4.73. The van der Waals surface area contributed by atoms with Crippen LogP contribution in [0.25, 0.3) is 32.6 Å². The number of nitrogens with one attached hydrogen (secondary N) is 15. The van der Waals surface area contributed by atoms with Crippen molar-refractivity contribution in [3.8, 4) is 0 Å². The fourth-order valence-corrected chi connectivity index (χ4v) is 18.9. The Morgan fingerprint density at radius 1 is 0.510 bits per heavy atom. The zero-order chi connectivity index (χ0) is 106. The Labute approximate surface area is 839 Å². The number of unbranched alkanes of at least 4 members (excludes halogenated alkanes) is 1. The molecule has 2 aliphatic heterocycles. The summed E-state index contributed by atoms with van der Waals surface area (Å²) in [7, 11) is 2.54. The molecular weight excluding hydrogens is 1930 g/mol. The highest BCUT2D eigenvalue weighted by atomic mass is 33.1. The third-order valence-corrected chi connectivity index (χ3v) is 26.9. The number of likely N-dealkylation sites (N-methyl/N-ethyl adjacent to an activating group) is 1. The molecule has 0 aliphatic carbocycles. The van der Waals surface area contributed by atoms with E-state index in [1.54, 1.807) is 130 Å². The van der Waals surface area contributed by atoms with Crippen LogP contribution in [0.2, 0.25) is 0 Å². The largest absolute Gasteiger partial charge is 0.481 e. The van der Waals surface area contributed by atoms with Gasteiger partial charge in [0.1, 0.15) is 72.5 Å². The van der Waals surface area contributed by atoms with Crippen LogP contribution in [0.5, 0.6) is 0 Å². The minimum absolute atomic E-state index is 0.00476. The summed E-state index contributed by atoms with van der Waals surface area (Å²) in [6.07, 6.45) is -0.701. The van der Waals surface area contributed by atoms with Crippen molar-refractivity contribution in [2.45, 2.75) is 177 Å². The van der Waals surface area contributed by atoms with Crippen LogP contribution >= 0.6 is 21.6 Å². The molecule has 7 aromatic rings. The number of para-hydroxylation sites is 2. The number of nitrogens with zero attached hydrogens (tertiary/aromatic N) is 6. The first-order valence-corrected chi connectivity index (χ1v) is 49.4. The first-order chi connectivity index (χ1) is 69.0. The third kappa shape index (κ3) is 36.0. The van der Waals surface area contributed by atoms with Gasteiger partial charge in [0.2, 0.25) is 94.5 Å². The molecule has 0 radical (unpaired) electrons. The zero-order valence-electron chi connectivity index (χ0n) is 80.6. The first-order valence-electron chi connectivity index (χ1n) is 46.9. The Kier molecular flexibility index (Phi) is 43.9. The lowest BCUT2D eigenvalue weighted by Crippen LogP contribution is -2.63. The number of aliphatic hydroxyl groups is 1. The van der Waals surface area contributed by atoms with E-state index < -0.39 is 260 Å². The number of aromatic amines is 3. The van der Waals surface area contributed by atoms with E-state index in [4.69, 9.17) is 17.2 Å². The van der Waals surface area contributed by atoms with Crippen molar-refractivity contribution in [3.05, 3.63) is 138 Å². The summed E-state index contributed by atoms with van der Waals surface area (Å²) in [5.74, 6) is -25.4. The Balaban J connectivity index is 1.05. The highest BCUT2D eigenvalue weighted by Gasteiger charge is 2.42. The van der Waals surface area contributed by atoms with Crippen LogP contribution in [-0.2, 0) is 122 Å². The molecule has 2 aliphatic rings. The second kappa shape index (κ2) is 55.8. The number of hydrogen-bond donors (Lipinski definition) is 23. The molecule has 0 saturated carbocycles. The second-order valence-electron chi connectivity index (χ2n) is 35.6. The molecule has 3 aromatic heterocycles. The summed E-state index contributed by atoms with van der Waals surface area (Å²) in [5, 5.41) is 83.9. The maximum atomic E-state index is 15.8. The fraction of sp³-hybridized carbons (Fsp3) is 0.479. The molecule has 4 aromatic carbocycles. The summed E-state index contributed by atoms with van der Waals surface area (Å²) in [4.78, 5) is 302. The SMILES string of the molecule is CC[C@H](C)[C@H](NC(=O)[C@@H](NC(=O)[C@H](Cc1c[nH]c2ccccc12)NC(C)=O)[C@@H](C)O)C(=O)N[C@H]1CSSC[C@@H](C(=O)N[C@@H](Cc2c[nH]c3ccccc23)C(=O)N(C)[C@@H](CCCCNC(=O)CN2CCN(CC(=O)O)CCN(CC(=O)O)CCN(CC(=O)O)CC2)C(N)=O)NC(=O)[C@H](CC(=O)O)NC(=O)[C@H](Cc2cnc[nH]2)NC(=O)[C@H](Cc2ccc3ccccc3c2)NC(=O)[C@H](CC(N)=O)NC(=O)[C@H](CC(N)=O)NC1=O. The van der Waals surface area contributed by atoms with Gasteiger partial charge < -0.3 is 126 Å². The van der Waals surface area contributed by atoms with Gasteiger partial charge in [-0.25, -0.2) is 4.98 Å². The van der Waals surface area contributed by atoms with Gasteiger partial charge >= 0.3 is 23.9 Å². The minimum atomic E-state index is -2.20. The third-order valence-electron chi connectivity index (χ3n) is 24.5. The van der Waals surface area contributed by atoms with Crippen LogP contribution in [0.3, 0.4) is 0 Å². The van der Waals surface area contributed by atoms with Crippen molar-refractivity contribution in [2.24, 2.45) is 23.1 Å². The van der Waals surface area contributed by atoms with E-state index in [0.717, 1.165) is 24.1 Å². The van der Waals surface area contributed by atoms with Crippen molar-refractivity contribution < 1.29 is 121 Å².